The van der Waals surface area contributed by atoms with Gasteiger partial charge in [-0.25, -0.2) is 0 Å². The van der Waals surface area contributed by atoms with Crippen LogP contribution >= 0.6 is 0 Å². The molecule has 0 amide bonds. The van der Waals surface area contributed by atoms with E-state index in [-0.39, 0.29) is 17.5 Å². The molecule has 0 saturated carbocycles. The Labute approximate surface area is 264 Å². The summed E-state index contributed by atoms with van der Waals surface area (Å²) in [6.45, 7) is 9.89. The summed E-state index contributed by atoms with van der Waals surface area (Å²) >= 11 is 0. The van der Waals surface area contributed by atoms with E-state index in [1.165, 1.54) is 83.2 Å². The molecule has 3 aliphatic rings. The van der Waals surface area contributed by atoms with Crippen molar-refractivity contribution in [1.29, 1.82) is 0 Å². The number of para-hydroxylation sites is 4. The van der Waals surface area contributed by atoms with Crippen LogP contribution in [0.4, 0.5) is 17.1 Å². The minimum absolute atomic E-state index is 0.132. The molecule has 0 spiro atoms. The van der Waals surface area contributed by atoms with Crippen LogP contribution in [0.2, 0.25) is 0 Å². The first kappa shape index (κ1) is 25.3. The van der Waals surface area contributed by atoms with Crippen LogP contribution in [0, 0.1) is 0 Å². The second kappa shape index (κ2) is 8.37. The Balaban J connectivity index is 1.47. The Hall–Kier alpha value is -5.02. The Kier molecular flexibility index (Phi) is 4.71. The van der Waals surface area contributed by atoms with Crippen molar-refractivity contribution >= 4 is 62.0 Å². The molecule has 0 saturated heterocycles. The van der Waals surface area contributed by atoms with Gasteiger partial charge >= 0.3 is 0 Å². The first-order chi connectivity index (χ1) is 21.9. The SMILES string of the molecule is CC1(C)c2ccccc2C(C)(C)c2c1cc1c3c2N(c2ccccc2)c2ccccc2B3c2cccc3c4ccccc4n-1c23. The zero-order valence-electron chi connectivity index (χ0n) is 26.1. The molecule has 0 atom stereocenters. The van der Waals surface area contributed by atoms with E-state index in [9.17, 15) is 0 Å². The summed E-state index contributed by atoms with van der Waals surface area (Å²) in [4.78, 5) is 2.59. The summed E-state index contributed by atoms with van der Waals surface area (Å²) in [5, 5.41) is 2.65. The second-order valence-electron chi connectivity index (χ2n) is 14.1. The van der Waals surface area contributed by atoms with Gasteiger partial charge in [-0.1, -0.05) is 125 Å². The average Bonchev–Trinajstić information content (AvgIpc) is 3.41. The van der Waals surface area contributed by atoms with E-state index < -0.39 is 0 Å². The Morgan fingerprint density at radius 2 is 1.18 bits per heavy atom. The lowest BCUT2D eigenvalue weighted by Gasteiger charge is -2.50. The van der Waals surface area contributed by atoms with Gasteiger partial charge < -0.3 is 9.47 Å². The van der Waals surface area contributed by atoms with Crippen LogP contribution in [-0.4, -0.2) is 11.3 Å². The number of benzene rings is 6. The molecule has 6 aromatic carbocycles. The molecule has 0 bridgehead atoms. The predicted molar refractivity (Wildman–Crippen MR) is 191 cm³/mol. The van der Waals surface area contributed by atoms with Gasteiger partial charge in [-0.05, 0) is 69.0 Å². The van der Waals surface area contributed by atoms with Crippen molar-refractivity contribution in [3.8, 4) is 5.69 Å². The van der Waals surface area contributed by atoms with Crippen molar-refractivity contribution in [2.24, 2.45) is 0 Å². The molecule has 3 heteroatoms. The van der Waals surface area contributed by atoms with Crippen molar-refractivity contribution in [2.45, 2.75) is 38.5 Å². The van der Waals surface area contributed by atoms with Crippen LogP contribution in [-0.2, 0) is 10.8 Å². The van der Waals surface area contributed by atoms with E-state index in [1.54, 1.807) is 0 Å². The van der Waals surface area contributed by atoms with Crippen LogP contribution in [0.5, 0.6) is 0 Å². The quantitative estimate of drug-likeness (QED) is 0.178. The Morgan fingerprint density at radius 1 is 0.533 bits per heavy atom. The molecule has 2 nitrogen and oxygen atoms in total. The number of anilines is 3. The van der Waals surface area contributed by atoms with Crippen molar-refractivity contribution in [2.75, 3.05) is 4.90 Å². The molecule has 0 radical (unpaired) electrons. The highest BCUT2D eigenvalue weighted by Crippen LogP contribution is 2.55. The lowest BCUT2D eigenvalue weighted by molar-refractivity contribution is 0.521. The largest absolute Gasteiger partial charge is 0.311 e. The molecule has 1 aromatic heterocycles. The third kappa shape index (κ3) is 2.97. The highest BCUT2D eigenvalue weighted by atomic mass is 15.2. The average molecular weight is 577 g/mol. The van der Waals surface area contributed by atoms with E-state index in [0.29, 0.717) is 0 Å². The van der Waals surface area contributed by atoms with Crippen LogP contribution in [0.1, 0.15) is 49.9 Å². The maximum Gasteiger partial charge on any atom is 0.252 e. The topological polar surface area (TPSA) is 8.17 Å². The number of aromatic nitrogens is 1. The lowest BCUT2D eigenvalue weighted by Crippen LogP contribution is -2.61. The molecule has 1 aliphatic carbocycles. The van der Waals surface area contributed by atoms with Gasteiger partial charge in [0.05, 0.1) is 5.52 Å². The van der Waals surface area contributed by atoms with Crippen molar-refractivity contribution in [3.05, 3.63) is 150 Å². The highest BCUT2D eigenvalue weighted by molar-refractivity contribution is 7.00. The maximum atomic E-state index is 2.59. The van der Waals surface area contributed by atoms with E-state index in [0.717, 1.165) is 0 Å². The highest BCUT2D eigenvalue weighted by Gasteiger charge is 2.50. The number of hydrogen-bond acceptors (Lipinski definition) is 1. The normalized spacial score (nSPS) is 16.3. The van der Waals surface area contributed by atoms with Gasteiger partial charge in [-0.3, -0.25) is 0 Å². The van der Waals surface area contributed by atoms with Gasteiger partial charge in [-0.2, -0.15) is 0 Å². The van der Waals surface area contributed by atoms with E-state index in [1.807, 2.05) is 0 Å². The number of fused-ring (bicyclic) bond motifs is 10. The number of rotatable bonds is 1. The third-order valence-electron chi connectivity index (χ3n) is 11.2. The van der Waals surface area contributed by atoms with E-state index >= 15 is 0 Å². The summed E-state index contributed by atoms with van der Waals surface area (Å²) < 4.78 is 2.59. The molecule has 0 N–H and O–H groups in total. The molecule has 214 valence electrons. The minimum atomic E-state index is -0.208. The first-order valence-corrected chi connectivity index (χ1v) is 16.2. The zero-order chi connectivity index (χ0) is 30.2. The summed E-state index contributed by atoms with van der Waals surface area (Å²) in [5.41, 5.74) is 17.3. The summed E-state index contributed by atoms with van der Waals surface area (Å²) in [5.74, 6) is 0. The monoisotopic (exact) mass is 576 g/mol. The lowest BCUT2D eigenvalue weighted by atomic mass is 9.33. The van der Waals surface area contributed by atoms with Crippen molar-refractivity contribution < 1.29 is 0 Å². The van der Waals surface area contributed by atoms with Gasteiger partial charge in [0.25, 0.3) is 6.71 Å². The zero-order valence-corrected chi connectivity index (χ0v) is 26.1. The smallest absolute Gasteiger partial charge is 0.252 e. The molecular weight excluding hydrogens is 543 g/mol. The third-order valence-corrected chi connectivity index (χ3v) is 11.2. The van der Waals surface area contributed by atoms with Gasteiger partial charge in [0.15, 0.2) is 0 Å². The van der Waals surface area contributed by atoms with Crippen molar-refractivity contribution in [1.82, 2.24) is 4.57 Å². The van der Waals surface area contributed by atoms with Crippen LogP contribution in [0.25, 0.3) is 27.5 Å². The van der Waals surface area contributed by atoms with Gasteiger partial charge in [0.2, 0.25) is 0 Å². The van der Waals surface area contributed by atoms with E-state index in [4.69, 9.17) is 0 Å². The fourth-order valence-corrected chi connectivity index (χ4v) is 9.26. The second-order valence-corrected chi connectivity index (χ2v) is 14.1. The summed E-state index contributed by atoms with van der Waals surface area (Å²) in [6.07, 6.45) is 0. The molecule has 45 heavy (non-hydrogen) atoms. The van der Waals surface area contributed by atoms with Gasteiger partial charge in [0.1, 0.15) is 0 Å². The fraction of sp³-hybridized carbons (Fsp3) is 0.143. The van der Waals surface area contributed by atoms with Crippen LogP contribution in [0.15, 0.2) is 127 Å². The Morgan fingerprint density at radius 3 is 2.00 bits per heavy atom. The molecule has 3 heterocycles. The number of nitrogens with zero attached hydrogens (tertiary/aromatic N) is 2. The van der Waals surface area contributed by atoms with E-state index in [2.05, 4.69) is 165 Å². The molecule has 2 aliphatic heterocycles. The molecular formula is C42H33BN2. The van der Waals surface area contributed by atoms with Crippen molar-refractivity contribution in [3.63, 3.8) is 0 Å². The summed E-state index contributed by atoms with van der Waals surface area (Å²) in [7, 11) is 0. The maximum absolute atomic E-state index is 2.59. The predicted octanol–water partition coefficient (Wildman–Crippen LogP) is 8.36. The van der Waals surface area contributed by atoms with Gasteiger partial charge in [-0.15, -0.1) is 0 Å². The number of hydrogen-bond donors (Lipinski definition) is 0. The molecule has 10 rings (SSSR count). The van der Waals surface area contributed by atoms with Crippen LogP contribution in [0.3, 0.4) is 0 Å². The molecule has 0 fully saturated rings. The molecule has 0 unspecified atom stereocenters. The minimum Gasteiger partial charge on any atom is -0.311 e. The van der Waals surface area contributed by atoms with Crippen LogP contribution < -0.4 is 21.3 Å². The standard InChI is InChI=1S/C42H33BN2/c1-41(2)29-19-9-10-20-30(29)42(3,4)37-31(41)25-36-38-40(37)44(26-15-6-5-7-16-26)35-24-13-11-21-32(35)43(38)33-22-14-18-28-27-17-8-12-23-34(27)45(36)39(28)33/h5-25H,1-4H3. The molecule has 7 aromatic rings. The fourth-order valence-electron chi connectivity index (χ4n) is 9.26. The Bertz CT molecular complexity index is 2390. The van der Waals surface area contributed by atoms with Gasteiger partial charge in [0, 0.05) is 49.9 Å². The summed E-state index contributed by atoms with van der Waals surface area (Å²) in [6, 6.07) is 47.8. The first-order valence-electron chi connectivity index (χ1n) is 16.2.